The number of carbonyl (C=O) groups is 1. The molecule has 1 aromatic heterocycles. The molecule has 2 heterocycles. The Labute approximate surface area is 210 Å². The number of nitriles is 1. The minimum atomic E-state index is -0.412. The largest absolute Gasteiger partial charge is 0.497 e. The number of nitrogens with one attached hydrogen (secondary N) is 1. The van der Waals surface area contributed by atoms with E-state index in [0.717, 1.165) is 30.4 Å². The van der Waals surface area contributed by atoms with Gasteiger partial charge in [-0.05, 0) is 88.3 Å². The molecular formula is C26H30N6O2S. The van der Waals surface area contributed by atoms with E-state index in [4.69, 9.17) is 10.00 Å². The molecule has 3 aromatic rings. The number of carbonyl (C=O) groups excluding carboxylic acids is 1. The van der Waals surface area contributed by atoms with Gasteiger partial charge in [-0.2, -0.15) is 5.26 Å². The first-order chi connectivity index (χ1) is 17.0. The third kappa shape index (κ3) is 5.84. The molecule has 0 bridgehead atoms. The van der Waals surface area contributed by atoms with Gasteiger partial charge in [0.25, 0.3) is 0 Å². The fourth-order valence-electron chi connectivity index (χ4n) is 4.15. The normalized spacial score (nSPS) is 15.7. The van der Waals surface area contributed by atoms with E-state index in [9.17, 15) is 4.79 Å². The maximum Gasteiger partial charge on any atom is 0.237 e. The average Bonchev–Trinajstić information content (AvgIpc) is 3.32. The van der Waals surface area contributed by atoms with Crippen LogP contribution < -0.4 is 10.1 Å². The van der Waals surface area contributed by atoms with Crippen LogP contribution in [0.25, 0.3) is 5.69 Å². The zero-order valence-corrected chi connectivity index (χ0v) is 21.1. The van der Waals surface area contributed by atoms with E-state index < -0.39 is 5.25 Å². The van der Waals surface area contributed by atoms with Gasteiger partial charge in [-0.1, -0.05) is 18.2 Å². The Morgan fingerprint density at radius 2 is 1.74 bits per heavy atom. The predicted octanol–water partition coefficient (Wildman–Crippen LogP) is 4.81. The van der Waals surface area contributed by atoms with Crippen molar-refractivity contribution in [3.05, 3.63) is 59.9 Å². The van der Waals surface area contributed by atoms with Crippen LogP contribution in [0, 0.1) is 11.3 Å². The van der Waals surface area contributed by atoms with Crippen molar-refractivity contribution in [2.75, 3.05) is 25.5 Å². The topological polar surface area (TPSA) is 96.1 Å². The first-order valence-corrected chi connectivity index (χ1v) is 12.7. The summed E-state index contributed by atoms with van der Waals surface area (Å²) in [4.78, 5) is 15.4. The molecule has 8 nitrogen and oxygen atoms in total. The van der Waals surface area contributed by atoms with Gasteiger partial charge in [0.1, 0.15) is 5.75 Å². The Kier molecular flexibility index (Phi) is 8.06. The maximum absolute atomic E-state index is 12.9. The molecule has 1 aliphatic heterocycles. The van der Waals surface area contributed by atoms with Crippen molar-refractivity contribution in [2.24, 2.45) is 0 Å². The molecule has 0 aliphatic carbocycles. The van der Waals surface area contributed by atoms with Gasteiger partial charge in [-0.15, -0.1) is 10.2 Å². The predicted molar refractivity (Wildman–Crippen MR) is 137 cm³/mol. The molecule has 4 rings (SSSR count). The summed E-state index contributed by atoms with van der Waals surface area (Å²) in [5.41, 5.74) is 2.13. The Hall–Kier alpha value is -3.35. The molecule has 1 aliphatic rings. The monoisotopic (exact) mass is 490 g/mol. The lowest BCUT2D eigenvalue weighted by atomic mass is 10.1. The molecule has 1 N–H and O–H groups in total. The molecule has 0 spiro atoms. The first kappa shape index (κ1) is 24.8. The fourth-order valence-corrected chi connectivity index (χ4v) is 5.03. The highest BCUT2D eigenvalue weighted by atomic mass is 32.2. The fraction of sp³-hybridized carbons (Fsp3) is 0.385. The SMILES string of the molecule is COc1ccc(-n2c(SC(C)C(=O)Nc3ccc(C#N)cc3)nnc2C(C)N2CCCCC2)cc1. The lowest BCUT2D eigenvalue weighted by Crippen LogP contribution is -2.33. The number of piperidine rings is 1. The smallest absolute Gasteiger partial charge is 0.237 e. The molecule has 35 heavy (non-hydrogen) atoms. The number of rotatable bonds is 8. The number of aromatic nitrogens is 3. The number of thioether (sulfide) groups is 1. The highest BCUT2D eigenvalue weighted by Gasteiger charge is 2.27. The minimum Gasteiger partial charge on any atom is -0.497 e. The average molecular weight is 491 g/mol. The van der Waals surface area contributed by atoms with Crippen molar-refractivity contribution < 1.29 is 9.53 Å². The van der Waals surface area contributed by atoms with Crippen LogP contribution in [-0.4, -0.2) is 51.0 Å². The van der Waals surface area contributed by atoms with Crippen molar-refractivity contribution in [1.82, 2.24) is 19.7 Å². The Morgan fingerprint density at radius 1 is 1.06 bits per heavy atom. The molecule has 0 radical (unpaired) electrons. The van der Waals surface area contributed by atoms with E-state index in [1.807, 2.05) is 31.2 Å². The quantitative estimate of drug-likeness (QED) is 0.453. The highest BCUT2D eigenvalue weighted by Crippen LogP contribution is 2.32. The summed E-state index contributed by atoms with van der Waals surface area (Å²) in [6, 6.07) is 16.8. The summed E-state index contributed by atoms with van der Waals surface area (Å²) in [7, 11) is 1.65. The summed E-state index contributed by atoms with van der Waals surface area (Å²) in [5, 5.41) is 21.2. The van der Waals surface area contributed by atoms with Gasteiger partial charge >= 0.3 is 0 Å². The number of anilines is 1. The zero-order chi connectivity index (χ0) is 24.8. The molecule has 0 saturated carbocycles. The summed E-state index contributed by atoms with van der Waals surface area (Å²) in [6.45, 7) is 6.11. The van der Waals surface area contributed by atoms with E-state index in [0.29, 0.717) is 16.4 Å². The Morgan fingerprint density at radius 3 is 2.37 bits per heavy atom. The molecule has 2 atom stereocenters. The van der Waals surface area contributed by atoms with Crippen LogP contribution in [0.15, 0.2) is 53.7 Å². The number of hydrogen-bond donors (Lipinski definition) is 1. The van der Waals surface area contributed by atoms with E-state index >= 15 is 0 Å². The Balaban J connectivity index is 1.58. The van der Waals surface area contributed by atoms with E-state index in [1.54, 1.807) is 31.4 Å². The van der Waals surface area contributed by atoms with Crippen LogP contribution in [-0.2, 0) is 4.79 Å². The second kappa shape index (κ2) is 11.4. The summed E-state index contributed by atoms with van der Waals surface area (Å²) in [6.07, 6.45) is 3.64. The van der Waals surface area contributed by atoms with Crippen LogP contribution in [0.1, 0.15) is 50.5 Å². The van der Waals surface area contributed by atoms with E-state index in [1.165, 1.54) is 31.0 Å². The maximum atomic E-state index is 12.9. The van der Waals surface area contributed by atoms with Crippen molar-refractivity contribution in [3.8, 4) is 17.5 Å². The summed E-state index contributed by atoms with van der Waals surface area (Å²) >= 11 is 1.37. The number of methoxy groups -OCH3 is 1. The second-order valence-electron chi connectivity index (χ2n) is 8.59. The molecule has 9 heteroatoms. The highest BCUT2D eigenvalue weighted by molar-refractivity contribution is 8.00. The van der Waals surface area contributed by atoms with Crippen LogP contribution in [0.3, 0.4) is 0 Å². The zero-order valence-electron chi connectivity index (χ0n) is 20.3. The number of likely N-dealkylation sites (tertiary alicyclic amines) is 1. The van der Waals surface area contributed by atoms with Gasteiger partial charge in [0.15, 0.2) is 11.0 Å². The number of amides is 1. The molecule has 1 fully saturated rings. The lowest BCUT2D eigenvalue weighted by Gasteiger charge is -2.32. The standard InChI is InChI=1S/C26H30N6O2S/c1-18(31-15-5-4-6-16-31)24-29-30-26(32(24)22-11-13-23(34-3)14-12-22)35-19(2)25(33)28-21-9-7-20(17-27)8-10-21/h7-14,18-19H,4-6,15-16H2,1-3H3,(H,28,33). The van der Waals surface area contributed by atoms with E-state index in [2.05, 4.69) is 38.0 Å². The van der Waals surface area contributed by atoms with Gasteiger partial charge in [0, 0.05) is 11.4 Å². The van der Waals surface area contributed by atoms with Gasteiger partial charge in [-0.3, -0.25) is 14.3 Å². The van der Waals surface area contributed by atoms with Crippen LogP contribution in [0.2, 0.25) is 0 Å². The molecule has 1 amide bonds. The second-order valence-corrected chi connectivity index (χ2v) is 9.89. The van der Waals surface area contributed by atoms with Crippen molar-refractivity contribution in [2.45, 2.75) is 49.6 Å². The summed E-state index contributed by atoms with van der Waals surface area (Å²) in [5.74, 6) is 1.49. The van der Waals surface area contributed by atoms with Crippen LogP contribution in [0.5, 0.6) is 5.75 Å². The molecule has 2 aromatic carbocycles. The van der Waals surface area contributed by atoms with Crippen molar-refractivity contribution in [1.29, 1.82) is 5.26 Å². The van der Waals surface area contributed by atoms with Gasteiger partial charge in [-0.25, -0.2) is 0 Å². The number of benzene rings is 2. The molecule has 1 saturated heterocycles. The minimum absolute atomic E-state index is 0.0991. The number of ether oxygens (including phenoxy) is 1. The first-order valence-electron chi connectivity index (χ1n) is 11.8. The number of hydrogen-bond acceptors (Lipinski definition) is 7. The lowest BCUT2D eigenvalue weighted by molar-refractivity contribution is -0.115. The third-order valence-electron chi connectivity index (χ3n) is 6.23. The van der Waals surface area contributed by atoms with Gasteiger partial charge < -0.3 is 10.1 Å². The Bertz CT molecular complexity index is 1180. The van der Waals surface area contributed by atoms with E-state index in [-0.39, 0.29) is 11.9 Å². The molecular weight excluding hydrogens is 460 g/mol. The molecule has 182 valence electrons. The van der Waals surface area contributed by atoms with Gasteiger partial charge in [0.2, 0.25) is 5.91 Å². The third-order valence-corrected chi connectivity index (χ3v) is 7.28. The van der Waals surface area contributed by atoms with Gasteiger partial charge in [0.05, 0.1) is 30.0 Å². The number of nitrogens with zero attached hydrogens (tertiary/aromatic N) is 5. The van der Waals surface area contributed by atoms with Crippen LogP contribution in [0.4, 0.5) is 5.69 Å². The van der Waals surface area contributed by atoms with Crippen molar-refractivity contribution in [3.63, 3.8) is 0 Å². The van der Waals surface area contributed by atoms with Crippen molar-refractivity contribution >= 4 is 23.4 Å². The summed E-state index contributed by atoms with van der Waals surface area (Å²) < 4.78 is 7.38. The molecule has 2 unspecified atom stereocenters. The van der Waals surface area contributed by atoms with Crippen LogP contribution >= 0.6 is 11.8 Å².